The molecule has 5 atom stereocenters. The first kappa shape index (κ1) is 23.8. The fourth-order valence-corrected chi connectivity index (χ4v) is 8.68. The number of nitro benzene ring substituents is 1. The van der Waals surface area contributed by atoms with E-state index in [0.717, 1.165) is 12.8 Å². The molecule has 0 unspecified atom stereocenters. The fourth-order valence-electron chi connectivity index (χ4n) is 6.13. The summed E-state index contributed by atoms with van der Waals surface area (Å²) in [6.45, 7) is 5.79. The SMILES string of the molecule is C[C@@H]1[C@@H]([Si](C)(C)O)[C@H](CC(=O)N2CCC[C@H]2CO)O[C@@]12C(=O)N(C)c1ccc([N+](=O)[O-])cc12. The number of ether oxygens (including phenoxy) is 1. The van der Waals surface area contributed by atoms with Crippen molar-refractivity contribution < 1.29 is 29.2 Å². The number of carbonyl (C=O) groups is 2. The minimum atomic E-state index is -2.93. The molecule has 3 aliphatic rings. The van der Waals surface area contributed by atoms with E-state index in [2.05, 4.69) is 0 Å². The van der Waals surface area contributed by atoms with E-state index >= 15 is 0 Å². The summed E-state index contributed by atoms with van der Waals surface area (Å²) in [6.07, 6.45) is 0.804. The summed E-state index contributed by atoms with van der Waals surface area (Å²) in [6, 6.07) is 4.04. The van der Waals surface area contributed by atoms with Gasteiger partial charge in [0.2, 0.25) is 5.91 Å². The standard InChI is InChI=1S/C22H31N3O7Si/c1-13-20(33(3,4)31)18(11-19(27)24-9-5-6-15(24)12-26)32-22(13)16-10-14(25(29)30)7-8-17(16)23(2)21(22)28/h7-8,10,13,15,18,20,26,31H,5-6,9,11-12H2,1-4H3/t13-,15+,18+,20-,22+/m1/s1. The topological polar surface area (TPSA) is 133 Å². The number of aliphatic hydroxyl groups is 1. The van der Waals surface area contributed by atoms with Gasteiger partial charge < -0.3 is 24.4 Å². The Balaban J connectivity index is 1.75. The Hall–Kier alpha value is -2.34. The molecule has 2 amide bonds. The van der Waals surface area contributed by atoms with Crippen molar-refractivity contribution >= 4 is 31.5 Å². The van der Waals surface area contributed by atoms with Gasteiger partial charge in [-0.25, -0.2) is 0 Å². The van der Waals surface area contributed by atoms with Crippen LogP contribution in [-0.2, 0) is 19.9 Å². The monoisotopic (exact) mass is 477 g/mol. The minimum absolute atomic E-state index is 0.0223. The Kier molecular flexibility index (Phi) is 5.88. The van der Waals surface area contributed by atoms with Crippen LogP contribution < -0.4 is 4.90 Å². The second kappa shape index (κ2) is 8.15. The van der Waals surface area contributed by atoms with Crippen molar-refractivity contribution in [3.63, 3.8) is 0 Å². The first-order valence-corrected chi connectivity index (χ1v) is 14.3. The zero-order valence-corrected chi connectivity index (χ0v) is 20.4. The van der Waals surface area contributed by atoms with Crippen molar-refractivity contribution in [2.24, 2.45) is 5.92 Å². The average molecular weight is 478 g/mol. The van der Waals surface area contributed by atoms with Crippen LogP contribution in [-0.4, -0.2) is 72.2 Å². The molecular formula is C22H31N3O7Si. The molecule has 2 saturated heterocycles. The second-order valence-corrected chi connectivity index (χ2v) is 13.9. The number of rotatable bonds is 5. The molecule has 180 valence electrons. The van der Waals surface area contributed by atoms with Gasteiger partial charge in [0.1, 0.15) is 0 Å². The van der Waals surface area contributed by atoms with Crippen LogP contribution in [0.3, 0.4) is 0 Å². The lowest BCUT2D eigenvalue weighted by Gasteiger charge is -2.32. The van der Waals surface area contributed by atoms with Crippen LogP contribution in [0.25, 0.3) is 0 Å². The number of nitro groups is 1. The van der Waals surface area contributed by atoms with E-state index in [9.17, 15) is 29.6 Å². The number of hydrogen-bond donors (Lipinski definition) is 2. The molecule has 0 saturated carbocycles. The quantitative estimate of drug-likeness (QED) is 0.375. The van der Waals surface area contributed by atoms with Gasteiger partial charge in [0.05, 0.1) is 35.8 Å². The predicted octanol–water partition coefficient (Wildman–Crippen LogP) is 1.74. The average Bonchev–Trinajstić information content (AvgIpc) is 3.39. The third-order valence-corrected chi connectivity index (χ3v) is 10.1. The number of hydrogen-bond acceptors (Lipinski definition) is 7. The van der Waals surface area contributed by atoms with Gasteiger partial charge in [0.15, 0.2) is 13.9 Å². The van der Waals surface area contributed by atoms with Gasteiger partial charge in [-0.1, -0.05) is 6.92 Å². The van der Waals surface area contributed by atoms with Crippen LogP contribution >= 0.6 is 0 Å². The van der Waals surface area contributed by atoms with Gasteiger partial charge in [-0.15, -0.1) is 0 Å². The largest absolute Gasteiger partial charge is 0.432 e. The van der Waals surface area contributed by atoms with Gasteiger partial charge in [-0.3, -0.25) is 19.7 Å². The molecule has 2 fully saturated rings. The molecule has 10 nitrogen and oxygen atoms in total. The van der Waals surface area contributed by atoms with Crippen LogP contribution in [0.4, 0.5) is 11.4 Å². The summed E-state index contributed by atoms with van der Waals surface area (Å²) in [5.41, 5.74) is -1.16. The van der Waals surface area contributed by atoms with Crippen LogP contribution in [0.1, 0.15) is 31.7 Å². The molecule has 0 bridgehead atoms. The zero-order chi connectivity index (χ0) is 24.3. The smallest absolute Gasteiger partial charge is 0.269 e. The van der Waals surface area contributed by atoms with Crippen molar-refractivity contribution in [3.05, 3.63) is 33.9 Å². The molecule has 33 heavy (non-hydrogen) atoms. The maximum atomic E-state index is 13.6. The van der Waals surface area contributed by atoms with Crippen molar-refractivity contribution in [2.45, 2.75) is 62.6 Å². The van der Waals surface area contributed by atoms with E-state index < -0.39 is 36.4 Å². The lowest BCUT2D eigenvalue weighted by molar-refractivity contribution is -0.385. The normalized spacial score (nSPS) is 31.5. The minimum Gasteiger partial charge on any atom is -0.432 e. The van der Waals surface area contributed by atoms with Gasteiger partial charge >= 0.3 is 0 Å². The fraction of sp³-hybridized carbons (Fsp3) is 0.636. The van der Waals surface area contributed by atoms with E-state index in [1.54, 1.807) is 31.1 Å². The maximum Gasteiger partial charge on any atom is 0.269 e. The number of likely N-dealkylation sites (N-methyl/N-ethyl adjacent to an activating group) is 1. The highest BCUT2D eigenvalue weighted by Crippen LogP contribution is 2.59. The first-order valence-electron chi connectivity index (χ1n) is 11.3. The highest BCUT2D eigenvalue weighted by atomic mass is 28.4. The molecule has 2 N–H and O–H groups in total. The van der Waals surface area contributed by atoms with E-state index in [4.69, 9.17) is 4.74 Å². The predicted molar refractivity (Wildman–Crippen MR) is 122 cm³/mol. The van der Waals surface area contributed by atoms with Crippen molar-refractivity contribution in [1.82, 2.24) is 4.90 Å². The van der Waals surface area contributed by atoms with Crippen molar-refractivity contribution in [2.75, 3.05) is 25.1 Å². The van der Waals surface area contributed by atoms with Gasteiger partial charge in [-0.05, 0) is 32.0 Å². The molecule has 0 aliphatic carbocycles. The van der Waals surface area contributed by atoms with Crippen LogP contribution in [0.15, 0.2) is 18.2 Å². The maximum absolute atomic E-state index is 13.6. The first-order chi connectivity index (χ1) is 15.4. The summed E-state index contributed by atoms with van der Waals surface area (Å²) in [4.78, 5) is 52.0. The molecule has 1 aromatic carbocycles. The molecule has 11 heteroatoms. The number of benzene rings is 1. The summed E-state index contributed by atoms with van der Waals surface area (Å²) < 4.78 is 6.46. The summed E-state index contributed by atoms with van der Waals surface area (Å²) >= 11 is 0. The lowest BCUT2D eigenvalue weighted by Crippen LogP contribution is -2.45. The Morgan fingerprint density at radius 2 is 2.09 bits per heavy atom. The number of aliphatic hydroxyl groups excluding tert-OH is 1. The number of likely N-dealkylation sites (tertiary alicyclic amines) is 1. The molecule has 4 rings (SSSR count). The molecule has 3 heterocycles. The summed E-state index contributed by atoms with van der Waals surface area (Å²) in [5.74, 6) is -1.02. The molecule has 1 aromatic rings. The van der Waals surface area contributed by atoms with Gasteiger partial charge in [0.25, 0.3) is 11.6 Å². The molecular weight excluding hydrogens is 446 g/mol. The van der Waals surface area contributed by atoms with Crippen molar-refractivity contribution in [1.29, 1.82) is 0 Å². The van der Waals surface area contributed by atoms with Gasteiger partial charge in [0, 0.05) is 42.7 Å². The Morgan fingerprint density at radius 1 is 1.39 bits per heavy atom. The lowest BCUT2D eigenvalue weighted by atomic mass is 9.82. The van der Waals surface area contributed by atoms with Gasteiger partial charge in [-0.2, -0.15) is 0 Å². The van der Waals surface area contributed by atoms with Crippen molar-refractivity contribution in [3.8, 4) is 0 Å². The Morgan fingerprint density at radius 3 is 2.70 bits per heavy atom. The number of anilines is 1. The molecule has 0 aromatic heterocycles. The zero-order valence-electron chi connectivity index (χ0n) is 19.4. The third kappa shape index (κ3) is 3.58. The van der Waals surface area contributed by atoms with E-state index in [1.165, 1.54) is 17.0 Å². The Bertz CT molecular complexity index is 997. The summed E-state index contributed by atoms with van der Waals surface area (Å²) in [7, 11) is -1.33. The highest BCUT2D eigenvalue weighted by Gasteiger charge is 2.66. The molecule has 3 aliphatic heterocycles. The van der Waals surface area contributed by atoms with Crippen LogP contribution in [0, 0.1) is 16.0 Å². The Labute approximate surface area is 193 Å². The number of nitrogens with zero attached hydrogens (tertiary/aromatic N) is 3. The molecule has 1 spiro atoms. The molecule has 0 radical (unpaired) electrons. The number of amides is 2. The van der Waals surface area contributed by atoms with E-state index in [0.29, 0.717) is 17.8 Å². The van der Waals surface area contributed by atoms with Crippen LogP contribution in [0.2, 0.25) is 18.6 Å². The van der Waals surface area contributed by atoms with E-state index in [-0.39, 0.29) is 36.6 Å². The number of fused-ring (bicyclic) bond motifs is 2. The van der Waals surface area contributed by atoms with E-state index in [1.807, 2.05) is 6.92 Å². The number of non-ortho nitro benzene ring substituents is 1. The number of carbonyl (C=O) groups excluding carboxylic acids is 2. The van der Waals surface area contributed by atoms with Crippen LogP contribution in [0.5, 0.6) is 0 Å². The summed E-state index contributed by atoms with van der Waals surface area (Å²) in [5, 5.41) is 21.1. The second-order valence-electron chi connectivity index (χ2n) is 9.95. The third-order valence-electron chi connectivity index (χ3n) is 7.59. The highest BCUT2D eigenvalue weighted by molar-refractivity contribution is 6.71.